The highest BCUT2D eigenvalue weighted by Crippen LogP contribution is 2.04. The molecule has 4 heteroatoms. The van der Waals surface area contributed by atoms with E-state index in [0.29, 0.717) is 12.5 Å². The quantitative estimate of drug-likeness (QED) is 0.727. The van der Waals surface area contributed by atoms with Crippen LogP contribution in [0.25, 0.3) is 0 Å². The molecular formula is C13H25N3O. The van der Waals surface area contributed by atoms with Crippen LogP contribution in [-0.2, 0) is 13.1 Å². The number of aryl methyl sites for hydroxylation is 1. The molecule has 0 amide bonds. The zero-order valence-electron chi connectivity index (χ0n) is 11.2. The van der Waals surface area contributed by atoms with Crippen molar-refractivity contribution in [2.24, 2.45) is 5.92 Å². The van der Waals surface area contributed by atoms with Crippen molar-refractivity contribution in [3.05, 3.63) is 18.2 Å². The fourth-order valence-electron chi connectivity index (χ4n) is 1.93. The van der Waals surface area contributed by atoms with E-state index in [9.17, 15) is 5.11 Å². The number of aliphatic hydroxyl groups is 1. The fraction of sp³-hybridized carbons (Fsp3) is 0.769. The molecule has 0 aliphatic rings. The summed E-state index contributed by atoms with van der Waals surface area (Å²) in [6.07, 6.45) is 5.53. The number of aromatic nitrogens is 2. The third-order valence-corrected chi connectivity index (χ3v) is 2.67. The predicted octanol–water partition coefficient (Wildman–Crippen LogP) is 1.79. The Labute approximate surface area is 104 Å². The second kappa shape index (κ2) is 7.45. The summed E-state index contributed by atoms with van der Waals surface area (Å²) in [6.45, 7) is 8.77. The lowest BCUT2D eigenvalue weighted by molar-refractivity contribution is 0.146. The van der Waals surface area contributed by atoms with Crippen molar-refractivity contribution in [3.8, 4) is 0 Å². The first-order chi connectivity index (χ1) is 8.13. The lowest BCUT2D eigenvalue weighted by atomic mass is 10.1. The first kappa shape index (κ1) is 14.2. The van der Waals surface area contributed by atoms with E-state index in [-0.39, 0.29) is 6.10 Å². The highest BCUT2D eigenvalue weighted by Gasteiger charge is 2.07. The van der Waals surface area contributed by atoms with Crippen LogP contribution in [0.3, 0.4) is 0 Å². The molecule has 2 N–H and O–H groups in total. The molecule has 0 aliphatic carbocycles. The van der Waals surface area contributed by atoms with Gasteiger partial charge in [0.15, 0.2) is 0 Å². The summed E-state index contributed by atoms with van der Waals surface area (Å²) in [4.78, 5) is 4.31. The van der Waals surface area contributed by atoms with Crippen molar-refractivity contribution in [1.82, 2.24) is 14.9 Å². The largest absolute Gasteiger partial charge is 0.392 e. The van der Waals surface area contributed by atoms with Crippen LogP contribution < -0.4 is 5.32 Å². The normalized spacial score (nSPS) is 13.2. The Morgan fingerprint density at radius 1 is 1.47 bits per heavy atom. The number of hydrogen-bond donors (Lipinski definition) is 2. The topological polar surface area (TPSA) is 50.1 Å². The monoisotopic (exact) mass is 239 g/mol. The van der Waals surface area contributed by atoms with Gasteiger partial charge >= 0.3 is 0 Å². The maximum Gasteiger partial charge on any atom is 0.122 e. The van der Waals surface area contributed by atoms with Gasteiger partial charge < -0.3 is 15.0 Å². The lowest BCUT2D eigenvalue weighted by Gasteiger charge is -2.14. The summed E-state index contributed by atoms with van der Waals surface area (Å²) in [6, 6.07) is 0. The summed E-state index contributed by atoms with van der Waals surface area (Å²) >= 11 is 0. The molecule has 0 fully saturated rings. The summed E-state index contributed by atoms with van der Waals surface area (Å²) in [7, 11) is 0. The molecule has 4 nitrogen and oxygen atoms in total. The number of nitrogens with zero attached hydrogens (tertiary/aromatic N) is 2. The molecule has 1 heterocycles. The number of imidazole rings is 1. The van der Waals surface area contributed by atoms with Gasteiger partial charge in [-0.15, -0.1) is 0 Å². The van der Waals surface area contributed by atoms with E-state index in [1.165, 1.54) is 0 Å². The highest BCUT2D eigenvalue weighted by molar-refractivity contribution is 4.91. The van der Waals surface area contributed by atoms with Crippen LogP contribution in [0.1, 0.15) is 39.4 Å². The Morgan fingerprint density at radius 2 is 2.24 bits per heavy atom. The average Bonchev–Trinajstić information content (AvgIpc) is 2.65. The van der Waals surface area contributed by atoms with E-state index < -0.39 is 0 Å². The van der Waals surface area contributed by atoms with Gasteiger partial charge in [0.05, 0.1) is 12.6 Å². The average molecular weight is 239 g/mol. The van der Waals surface area contributed by atoms with Crippen molar-refractivity contribution >= 4 is 0 Å². The van der Waals surface area contributed by atoms with Crippen molar-refractivity contribution < 1.29 is 5.11 Å². The molecular weight excluding hydrogens is 214 g/mol. The van der Waals surface area contributed by atoms with Crippen molar-refractivity contribution in [1.29, 1.82) is 0 Å². The van der Waals surface area contributed by atoms with Gasteiger partial charge in [-0.1, -0.05) is 20.8 Å². The first-order valence-corrected chi connectivity index (χ1v) is 6.52. The minimum atomic E-state index is -0.260. The highest BCUT2D eigenvalue weighted by atomic mass is 16.3. The first-order valence-electron chi connectivity index (χ1n) is 6.52. The predicted molar refractivity (Wildman–Crippen MR) is 69.7 cm³/mol. The molecule has 1 aromatic rings. The Hall–Kier alpha value is -0.870. The van der Waals surface area contributed by atoms with Gasteiger partial charge in [-0.05, 0) is 18.8 Å². The molecule has 17 heavy (non-hydrogen) atoms. The van der Waals surface area contributed by atoms with Gasteiger partial charge in [-0.3, -0.25) is 0 Å². The molecule has 0 bridgehead atoms. The van der Waals surface area contributed by atoms with Crippen LogP contribution in [0.2, 0.25) is 0 Å². The zero-order valence-corrected chi connectivity index (χ0v) is 11.2. The third kappa shape index (κ3) is 5.33. The van der Waals surface area contributed by atoms with Gasteiger partial charge in [0.25, 0.3) is 0 Å². The van der Waals surface area contributed by atoms with Crippen LogP contribution in [-0.4, -0.2) is 27.3 Å². The molecule has 1 unspecified atom stereocenters. The minimum Gasteiger partial charge on any atom is -0.392 e. The van der Waals surface area contributed by atoms with E-state index in [1.807, 2.05) is 12.4 Å². The molecule has 0 spiro atoms. The standard InChI is InChI=1S/C13H25N3O/c1-4-6-16-7-5-15-13(16)10-14-9-12(17)8-11(2)3/h5,7,11-12,14,17H,4,6,8-10H2,1-3H3. The second-order valence-electron chi connectivity index (χ2n) is 4.95. The fourth-order valence-corrected chi connectivity index (χ4v) is 1.93. The number of aliphatic hydroxyl groups excluding tert-OH is 1. The number of rotatable bonds is 8. The summed E-state index contributed by atoms with van der Waals surface area (Å²) in [5, 5.41) is 13.0. The Morgan fingerprint density at radius 3 is 2.88 bits per heavy atom. The van der Waals surface area contributed by atoms with E-state index >= 15 is 0 Å². The van der Waals surface area contributed by atoms with Gasteiger partial charge in [0, 0.05) is 25.5 Å². The molecule has 1 aromatic heterocycles. The minimum absolute atomic E-state index is 0.260. The summed E-state index contributed by atoms with van der Waals surface area (Å²) in [5.41, 5.74) is 0. The Kier molecular flexibility index (Phi) is 6.22. The molecule has 0 aliphatic heterocycles. The van der Waals surface area contributed by atoms with Crippen LogP contribution in [0.5, 0.6) is 0 Å². The molecule has 98 valence electrons. The molecule has 1 atom stereocenters. The van der Waals surface area contributed by atoms with E-state index in [0.717, 1.165) is 31.8 Å². The second-order valence-corrected chi connectivity index (χ2v) is 4.95. The maximum atomic E-state index is 9.73. The van der Waals surface area contributed by atoms with Crippen molar-refractivity contribution in [2.45, 2.75) is 52.8 Å². The van der Waals surface area contributed by atoms with Gasteiger partial charge in [-0.2, -0.15) is 0 Å². The van der Waals surface area contributed by atoms with Crippen molar-refractivity contribution in [3.63, 3.8) is 0 Å². The van der Waals surface area contributed by atoms with E-state index in [2.05, 4.69) is 35.6 Å². The maximum absolute atomic E-state index is 9.73. The number of hydrogen-bond acceptors (Lipinski definition) is 3. The molecule has 0 saturated heterocycles. The SMILES string of the molecule is CCCn1ccnc1CNCC(O)CC(C)C. The van der Waals surface area contributed by atoms with E-state index in [4.69, 9.17) is 0 Å². The molecule has 1 rings (SSSR count). The van der Waals surface area contributed by atoms with Crippen molar-refractivity contribution in [2.75, 3.05) is 6.54 Å². The molecule has 0 radical (unpaired) electrons. The van der Waals surface area contributed by atoms with Gasteiger partial charge in [0.1, 0.15) is 5.82 Å². The van der Waals surface area contributed by atoms with E-state index in [1.54, 1.807) is 0 Å². The zero-order chi connectivity index (χ0) is 12.7. The number of nitrogens with one attached hydrogen (secondary N) is 1. The molecule has 0 aromatic carbocycles. The Bertz CT molecular complexity index is 309. The van der Waals surface area contributed by atoms with Crippen LogP contribution >= 0.6 is 0 Å². The lowest BCUT2D eigenvalue weighted by Crippen LogP contribution is -2.28. The van der Waals surface area contributed by atoms with Crippen LogP contribution in [0.4, 0.5) is 0 Å². The van der Waals surface area contributed by atoms with Crippen LogP contribution in [0, 0.1) is 5.92 Å². The molecule has 0 saturated carbocycles. The summed E-state index contributed by atoms with van der Waals surface area (Å²) in [5.74, 6) is 1.58. The third-order valence-electron chi connectivity index (χ3n) is 2.67. The van der Waals surface area contributed by atoms with Gasteiger partial charge in [0.2, 0.25) is 0 Å². The summed E-state index contributed by atoms with van der Waals surface area (Å²) < 4.78 is 2.15. The van der Waals surface area contributed by atoms with Crippen LogP contribution in [0.15, 0.2) is 12.4 Å². The Balaban J connectivity index is 2.28. The smallest absolute Gasteiger partial charge is 0.122 e. The van der Waals surface area contributed by atoms with Gasteiger partial charge in [-0.25, -0.2) is 4.98 Å².